The lowest BCUT2D eigenvalue weighted by atomic mass is 10.2. The quantitative estimate of drug-likeness (QED) is 0.812. The fraction of sp³-hybridized carbons (Fsp3) is 0.700. The number of ether oxygens (including phenoxy) is 1. The van der Waals surface area contributed by atoms with E-state index in [4.69, 9.17) is 16.3 Å². The number of aryl methyl sites for hydroxylation is 1. The van der Waals surface area contributed by atoms with Crippen molar-refractivity contribution < 1.29 is 13.2 Å². The third-order valence-corrected chi connectivity index (χ3v) is 5.41. The van der Waals surface area contributed by atoms with Crippen molar-refractivity contribution in [2.24, 2.45) is 7.05 Å². The Kier molecular flexibility index (Phi) is 3.68. The number of hydrogen-bond acceptors (Lipinski definition) is 4. The smallest absolute Gasteiger partial charge is 0.264 e. The van der Waals surface area contributed by atoms with Crippen molar-refractivity contribution in [3.63, 3.8) is 0 Å². The molecule has 8 heteroatoms. The van der Waals surface area contributed by atoms with Crippen molar-refractivity contribution in [3.05, 3.63) is 11.5 Å². The Morgan fingerprint density at radius 3 is 2.72 bits per heavy atom. The number of imidazole rings is 1. The van der Waals surface area contributed by atoms with Crippen LogP contribution >= 0.6 is 11.6 Å². The molecule has 1 aliphatic heterocycles. The number of rotatable bonds is 2. The van der Waals surface area contributed by atoms with Crippen LogP contribution in [0.15, 0.2) is 11.4 Å². The molecule has 2 heterocycles. The van der Waals surface area contributed by atoms with Gasteiger partial charge < -0.3 is 9.30 Å². The van der Waals surface area contributed by atoms with Crippen LogP contribution in [0.25, 0.3) is 0 Å². The Labute approximate surface area is 112 Å². The van der Waals surface area contributed by atoms with Crippen molar-refractivity contribution in [2.45, 2.75) is 31.0 Å². The van der Waals surface area contributed by atoms with Crippen molar-refractivity contribution in [3.8, 4) is 0 Å². The van der Waals surface area contributed by atoms with Crippen molar-refractivity contribution >= 4 is 21.6 Å². The highest BCUT2D eigenvalue weighted by molar-refractivity contribution is 7.89. The molecule has 6 nitrogen and oxygen atoms in total. The topological polar surface area (TPSA) is 64.4 Å². The molecule has 1 aromatic heterocycles. The lowest BCUT2D eigenvalue weighted by molar-refractivity contribution is -0.0171. The van der Waals surface area contributed by atoms with E-state index >= 15 is 0 Å². The molecule has 1 aromatic rings. The summed E-state index contributed by atoms with van der Waals surface area (Å²) in [5, 5.41) is 0.0361. The SMILES string of the molecule is C[C@@H]1CO[C@@H](C)CN1S(=O)(=O)c1ncn(C)c1Cl. The van der Waals surface area contributed by atoms with Crippen molar-refractivity contribution in [1.82, 2.24) is 13.9 Å². The van der Waals surface area contributed by atoms with Crippen LogP contribution in [0.5, 0.6) is 0 Å². The van der Waals surface area contributed by atoms with Crippen LogP contribution in [-0.2, 0) is 21.8 Å². The van der Waals surface area contributed by atoms with Crippen LogP contribution in [-0.4, -0.2) is 47.6 Å². The Bertz CT molecular complexity index is 543. The number of aromatic nitrogens is 2. The van der Waals surface area contributed by atoms with E-state index in [1.54, 1.807) is 14.0 Å². The second kappa shape index (κ2) is 4.80. The van der Waals surface area contributed by atoms with Crippen LogP contribution < -0.4 is 0 Å². The molecule has 1 aliphatic rings. The van der Waals surface area contributed by atoms with Crippen molar-refractivity contribution in [1.29, 1.82) is 0 Å². The highest BCUT2D eigenvalue weighted by Gasteiger charge is 2.37. The highest BCUT2D eigenvalue weighted by atomic mass is 35.5. The maximum Gasteiger partial charge on any atom is 0.264 e. The van der Waals surface area contributed by atoms with Crippen LogP contribution in [0.4, 0.5) is 0 Å². The fourth-order valence-corrected chi connectivity index (χ4v) is 3.97. The monoisotopic (exact) mass is 293 g/mol. The predicted octanol–water partition coefficient (Wildman–Crippen LogP) is 0.871. The first-order valence-corrected chi connectivity index (χ1v) is 7.46. The third kappa shape index (κ3) is 2.27. The van der Waals surface area contributed by atoms with Crippen LogP contribution in [0.3, 0.4) is 0 Å². The maximum atomic E-state index is 12.5. The molecule has 0 saturated carbocycles. The summed E-state index contributed by atoms with van der Waals surface area (Å²) in [6, 6.07) is -0.218. The van der Waals surface area contributed by atoms with Gasteiger partial charge in [-0.3, -0.25) is 0 Å². The number of hydrogen-bond donors (Lipinski definition) is 0. The predicted molar refractivity (Wildman–Crippen MR) is 67.0 cm³/mol. The summed E-state index contributed by atoms with van der Waals surface area (Å²) in [7, 11) is -2.01. The second-order valence-corrected chi connectivity index (χ2v) is 6.68. The van der Waals surface area contributed by atoms with E-state index in [2.05, 4.69) is 4.98 Å². The van der Waals surface area contributed by atoms with Gasteiger partial charge in [-0.15, -0.1) is 0 Å². The van der Waals surface area contributed by atoms with Crippen LogP contribution in [0, 0.1) is 0 Å². The van der Waals surface area contributed by atoms with Crippen LogP contribution in [0.2, 0.25) is 5.15 Å². The summed E-state index contributed by atoms with van der Waals surface area (Å²) < 4.78 is 33.3. The number of nitrogens with zero attached hydrogens (tertiary/aromatic N) is 3. The largest absolute Gasteiger partial charge is 0.375 e. The minimum atomic E-state index is -3.66. The molecule has 0 unspecified atom stereocenters. The van der Waals surface area contributed by atoms with Crippen molar-refractivity contribution in [2.75, 3.05) is 13.2 Å². The van der Waals surface area contributed by atoms with Gasteiger partial charge in [0.05, 0.1) is 19.0 Å². The van der Waals surface area contributed by atoms with Gasteiger partial charge in [-0.25, -0.2) is 13.4 Å². The Morgan fingerprint density at radius 1 is 1.50 bits per heavy atom. The zero-order valence-corrected chi connectivity index (χ0v) is 12.1. The molecule has 2 atom stereocenters. The lowest BCUT2D eigenvalue weighted by Gasteiger charge is -2.35. The van der Waals surface area contributed by atoms with E-state index < -0.39 is 10.0 Å². The Morgan fingerprint density at radius 2 is 2.17 bits per heavy atom. The summed E-state index contributed by atoms with van der Waals surface area (Å²) in [5.74, 6) is 0. The molecule has 2 rings (SSSR count). The molecular weight excluding hydrogens is 278 g/mol. The minimum absolute atomic E-state index is 0.0902. The molecule has 102 valence electrons. The molecule has 0 amide bonds. The average molecular weight is 294 g/mol. The van der Waals surface area contributed by atoms with E-state index in [0.29, 0.717) is 13.2 Å². The van der Waals surface area contributed by atoms with E-state index in [9.17, 15) is 8.42 Å². The fourth-order valence-electron chi connectivity index (χ4n) is 1.89. The standard InChI is InChI=1S/C10H16ClN3O3S/c1-7-5-17-8(2)4-14(7)18(15,16)10-9(11)13(3)6-12-10/h6-8H,4-5H2,1-3H3/t7-,8+/m1/s1. The van der Waals surface area contributed by atoms with Gasteiger partial charge in [0.1, 0.15) is 5.15 Å². The molecule has 0 aromatic carbocycles. The number of sulfonamides is 1. The number of halogens is 1. The first-order valence-electron chi connectivity index (χ1n) is 5.64. The highest BCUT2D eigenvalue weighted by Crippen LogP contribution is 2.26. The second-order valence-electron chi connectivity index (χ2n) is 4.52. The van der Waals surface area contributed by atoms with E-state index in [0.717, 1.165) is 0 Å². The van der Waals surface area contributed by atoms with Gasteiger partial charge in [-0.05, 0) is 13.8 Å². The zero-order chi connectivity index (χ0) is 13.5. The van der Waals surface area contributed by atoms with Gasteiger partial charge in [0.2, 0.25) is 5.03 Å². The first-order chi connectivity index (χ1) is 8.34. The average Bonchev–Trinajstić information content (AvgIpc) is 2.63. The lowest BCUT2D eigenvalue weighted by Crippen LogP contribution is -2.50. The molecule has 18 heavy (non-hydrogen) atoms. The molecule has 0 aliphatic carbocycles. The summed E-state index contributed by atoms with van der Waals surface area (Å²) >= 11 is 5.96. The molecule has 0 radical (unpaired) electrons. The third-order valence-electron chi connectivity index (χ3n) is 2.94. The minimum Gasteiger partial charge on any atom is -0.375 e. The molecule has 1 fully saturated rings. The maximum absolute atomic E-state index is 12.5. The van der Waals surface area contributed by atoms with Gasteiger partial charge in [-0.1, -0.05) is 11.6 Å². The van der Waals surface area contributed by atoms with E-state index in [1.165, 1.54) is 15.2 Å². The summed E-state index contributed by atoms with van der Waals surface area (Å²) in [4.78, 5) is 3.88. The first kappa shape index (κ1) is 13.8. The van der Waals surface area contributed by atoms with Gasteiger partial charge in [0, 0.05) is 19.6 Å². The Balaban J connectivity index is 2.39. The zero-order valence-electron chi connectivity index (χ0n) is 10.5. The summed E-state index contributed by atoms with van der Waals surface area (Å²) in [6.45, 7) is 4.34. The van der Waals surface area contributed by atoms with E-state index in [-0.39, 0.29) is 22.3 Å². The molecular formula is C10H16ClN3O3S. The Hall–Kier alpha value is -0.630. The summed E-state index contributed by atoms with van der Waals surface area (Å²) in [5.41, 5.74) is 0. The van der Waals surface area contributed by atoms with Gasteiger partial charge in [0.25, 0.3) is 10.0 Å². The normalized spacial score (nSPS) is 26.4. The molecule has 1 saturated heterocycles. The van der Waals surface area contributed by atoms with Gasteiger partial charge >= 0.3 is 0 Å². The molecule has 0 spiro atoms. The molecule has 0 N–H and O–H groups in total. The summed E-state index contributed by atoms with van der Waals surface area (Å²) in [6.07, 6.45) is 1.27. The molecule has 0 bridgehead atoms. The number of morpholine rings is 1. The van der Waals surface area contributed by atoms with Gasteiger partial charge in [0.15, 0.2) is 0 Å². The van der Waals surface area contributed by atoms with Crippen LogP contribution in [0.1, 0.15) is 13.8 Å². The van der Waals surface area contributed by atoms with Gasteiger partial charge in [-0.2, -0.15) is 4.31 Å². The van der Waals surface area contributed by atoms with E-state index in [1.807, 2.05) is 6.92 Å².